The summed E-state index contributed by atoms with van der Waals surface area (Å²) < 4.78 is 0. The van der Waals surface area contributed by atoms with Crippen LogP contribution in [0, 0.1) is 6.92 Å². The number of nitrogens with one attached hydrogen (secondary N) is 1. The molecule has 1 aliphatic rings. The molecule has 0 saturated heterocycles. The number of aryl methyl sites for hydroxylation is 1. The lowest BCUT2D eigenvalue weighted by Crippen LogP contribution is -2.48. The molecule has 0 saturated carbocycles. The summed E-state index contributed by atoms with van der Waals surface area (Å²) in [7, 11) is 0. The maximum absolute atomic E-state index is 12.1. The van der Waals surface area contributed by atoms with Gasteiger partial charge in [-0.2, -0.15) is 5.10 Å². The summed E-state index contributed by atoms with van der Waals surface area (Å²) in [6, 6.07) is 14.2. The van der Waals surface area contributed by atoms with E-state index in [1.165, 1.54) is 16.8 Å². The van der Waals surface area contributed by atoms with E-state index in [1.54, 1.807) is 6.21 Å². The van der Waals surface area contributed by atoms with Crippen LogP contribution in [0.4, 0.5) is 5.69 Å². The quantitative estimate of drug-likeness (QED) is 0.601. The van der Waals surface area contributed by atoms with Crippen LogP contribution in [0.2, 0.25) is 0 Å². The van der Waals surface area contributed by atoms with E-state index in [1.807, 2.05) is 30.3 Å². The Balaban J connectivity index is 1.76. The van der Waals surface area contributed by atoms with Gasteiger partial charge in [0, 0.05) is 17.8 Å². The predicted octanol–water partition coefficient (Wildman–Crippen LogP) is 4.80. The van der Waals surface area contributed by atoms with Crippen molar-refractivity contribution in [2.24, 2.45) is 5.10 Å². The zero-order chi connectivity index (χ0) is 20.3. The van der Waals surface area contributed by atoms with Crippen molar-refractivity contribution in [1.82, 2.24) is 5.43 Å². The van der Waals surface area contributed by atoms with E-state index in [9.17, 15) is 4.79 Å². The van der Waals surface area contributed by atoms with Crippen LogP contribution in [0.15, 0.2) is 47.6 Å². The minimum atomic E-state index is -0.106. The molecule has 0 aliphatic carbocycles. The van der Waals surface area contributed by atoms with Crippen LogP contribution < -0.4 is 10.3 Å². The molecule has 2 aromatic rings. The summed E-state index contributed by atoms with van der Waals surface area (Å²) >= 11 is 0. The van der Waals surface area contributed by atoms with Gasteiger partial charge in [-0.1, -0.05) is 37.3 Å². The second-order valence-electron chi connectivity index (χ2n) is 8.39. The molecule has 1 amide bonds. The van der Waals surface area contributed by atoms with Crippen molar-refractivity contribution in [1.29, 1.82) is 0 Å². The fourth-order valence-electron chi connectivity index (χ4n) is 4.38. The predicted molar refractivity (Wildman–Crippen MR) is 117 cm³/mol. The molecule has 3 rings (SSSR count). The van der Waals surface area contributed by atoms with Gasteiger partial charge >= 0.3 is 0 Å². The van der Waals surface area contributed by atoms with E-state index in [-0.39, 0.29) is 11.4 Å². The molecule has 1 atom stereocenters. The molecule has 1 N–H and O–H groups in total. The summed E-state index contributed by atoms with van der Waals surface area (Å²) in [5.41, 5.74) is 8.71. The second-order valence-corrected chi connectivity index (χ2v) is 8.39. The van der Waals surface area contributed by atoms with Crippen LogP contribution in [0.1, 0.15) is 62.3 Å². The lowest BCUT2D eigenvalue weighted by Gasteiger charge is -2.47. The number of fused-ring (bicyclic) bond motifs is 1. The molecular weight excluding hydrogens is 346 g/mol. The Kier molecular flexibility index (Phi) is 5.87. The third-order valence-corrected chi connectivity index (χ3v) is 5.69. The van der Waals surface area contributed by atoms with Crippen LogP contribution >= 0.6 is 0 Å². The number of hydrazone groups is 1. The number of nitrogens with zero attached hydrogens (tertiary/aromatic N) is 2. The van der Waals surface area contributed by atoms with Crippen molar-refractivity contribution in [2.45, 2.75) is 58.9 Å². The molecule has 1 unspecified atom stereocenters. The van der Waals surface area contributed by atoms with Gasteiger partial charge in [-0.25, -0.2) is 5.43 Å². The van der Waals surface area contributed by atoms with Gasteiger partial charge in [0.1, 0.15) is 0 Å². The average molecular weight is 378 g/mol. The Morgan fingerprint density at radius 1 is 1.29 bits per heavy atom. The molecule has 2 aromatic carbocycles. The van der Waals surface area contributed by atoms with Crippen molar-refractivity contribution in [2.75, 3.05) is 11.4 Å². The maximum atomic E-state index is 12.1. The topological polar surface area (TPSA) is 44.7 Å². The summed E-state index contributed by atoms with van der Waals surface area (Å²) in [4.78, 5) is 14.6. The third kappa shape index (κ3) is 4.27. The highest BCUT2D eigenvalue weighted by Crippen LogP contribution is 2.43. The molecule has 148 valence electrons. The van der Waals surface area contributed by atoms with Crippen molar-refractivity contribution >= 4 is 17.8 Å². The molecule has 4 nitrogen and oxygen atoms in total. The Labute approximate surface area is 168 Å². The van der Waals surface area contributed by atoms with E-state index < -0.39 is 0 Å². The zero-order valence-electron chi connectivity index (χ0n) is 17.6. The molecule has 0 aromatic heterocycles. The largest absolute Gasteiger partial charge is 0.366 e. The average Bonchev–Trinajstić information content (AvgIpc) is 2.63. The van der Waals surface area contributed by atoms with Crippen LogP contribution in [0.3, 0.4) is 0 Å². The van der Waals surface area contributed by atoms with Crippen molar-refractivity contribution in [3.8, 4) is 0 Å². The first-order valence-corrected chi connectivity index (χ1v) is 10.1. The van der Waals surface area contributed by atoms with Gasteiger partial charge < -0.3 is 4.90 Å². The van der Waals surface area contributed by atoms with E-state index in [4.69, 9.17) is 0 Å². The normalized spacial score (nSPS) is 18.2. The van der Waals surface area contributed by atoms with Gasteiger partial charge in [-0.15, -0.1) is 0 Å². The SMILES string of the molecule is CCN1c2cc(C)c(/C=N\NC(=O)Cc3ccccc3)cc2C(C)CC1(C)C. The minimum absolute atomic E-state index is 0.106. The van der Waals surface area contributed by atoms with E-state index in [0.29, 0.717) is 12.3 Å². The summed E-state index contributed by atoms with van der Waals surface area (Å²) in [6.45, 7) is 12.3. The van der Waals surface area contributed by atoms with Crippen molar-refractivity contribution in [3.05, 3.63) is 64.7 Å². The smallest absolute Gasteiger partial charge is 0.244 e. The fourth-order valence-corrected chi connectivity index (χ4v) is 4.38. The maximum Gasteiger partial charge on any atom is 0.244 e. The highest BCUT2D eigenvalue weighted by molar-refractivity contribution is 5.86. The number of carbonyl (C=O) groups excluding carboxylic acids is 1. The first kappa shape index (κ1) is 20.1. The second kappa shape index (κ2) is 8.17. The molecular formula is C24H31N3O. The van der Waals surface area contributed by atoms with Gasteiger partial charge in [0.05, 0.1) is 12.6 Å². The molecule has 0 radical (unpaired) electrons. The van der Waals surface area contributed by atoms with Gasteiger partial charge in [-0.05, 0) is 74.4 Å². The number of anilines is 1. The van der Waals surface area contributed by atoms with Gasteiger partial charge in [-0.3, -0.25) is 4.79 Å². The molecule has 0 bridgehead atoms. The first-order chi connectivity index (χ1) is 13.3. The monoisotopic (exact) mass is 377 g/mol. The third-order valence-electron chi connectivity index (χ3n) is 5.69. The molecule has 1 aliphatic heterocycles. The fraction of sp³-hybridized carbons (Fsp3) is 0.417. The zero-order valence-corrected chi connectivity index (χ0v) is 17.6. The number of amides is 1. The number of carbonyl (C=O) groups is 1. The molecule has 1 heterocycles. The molecule has 0 spiro atoms. The van der Waals surface area contributed by atoms with E-state index >= 15 is 0 Å². The Morgan fingerprint density at radius 2 is 2.00 bits per heavy atom. The lowest BCUT2D eigenvalue weighted by molar-refractivity contribution is -0.120. The van der Waals surface area contributed by atoms with Crippen molar-refractivity contribution < 1.29 is 4.79 Å². The van der Waals surface area contributed by atoms with E-state index in [0.717, 1.165) is 24.1 Å². The summed E-state index contributed by atoms with van der Waals surface area (Å²) in [6.07, 6.45) is 3.22. The molecule has 0 fully saturated rings. The van der Waals surface area contributed by atoms with Gasteiger partial charge in [0.2, 0.25) is 5.91 Å². The standard InChI is InChI=1S/C24H31N3O/c1-6-27-22-12-17(2)20(14-21(22)18(3)15-24(27,4)5)16-25-26-23(28)13-19-10-8-7-9-11-19/h7-12,14,16,18H,6,13,15H2,1-5H3,(H,26,28)/b25-16-. The highest BCUT2D eigenvalue weighted by atomic mass is 16.2. The van der Waals surface area contributed by atoms with E-state index in [2.05, 4.69) is 62.2 Å². The lowest BCUT2D eigenvalue weighted by atomic mass is 9.79. The first-order valence-electron chi connectivity index (χ1n) is 10.1. The minimum Gasteiger partial charge on any atom is -0.366 e. The number of benzene rings is 2. The molecule has 28 heavy (non-hydrogen) atoms. The summed E-state index contributed by atoms with van der Waals surface area (Å²) in [5.74, 6) is 0.388. The van der Waals surface area contributed by atoms with Crippen LogP contribution in [-0.2, 0) is 11.2 Å². The van der Waals surface area contributed by atoms with Crippen molar-refractivity contribution in [3.63, 3.8) is 0 Å². The Morgan fingerprint density at radius 3 is 2.68 bits per heavy atom. The van der Waals surface area contributed by atoms with Gasteiger partial charge in [0.25, 0.3) is 0 Å². The van der Waals surface area contributed by atoms with Crippen LogP contribution in [0.5, 0.6) is 0 Å². The number of rotatable bonds is 5. The Hall–Kier alpha value is -2.62. The van der Waals surface area contributed by atoms with Gasteiger partial charge in [0.15, 0.2) is 0 Å². The Bertz CT molecular complexity index is 871. The number of hydrogen-bond donors (Lipinski definition) is 1. The number of hydrogen-bond acceptors (Lipinski definition) is 3. The van der Waals surface area contributed by atoms with Crippen LogP contribution in [-0.4, -0.2) is 24.2 Å². The highest BCUT2D eigenvalue weighted by Gasteiger charge is 2.35. The summed E-state index contributed by atoms with van der Waals surface area (Å²) in [5, 5.41) is 4.20. The molecule has 4 heteroatoms. The van der Waals surface area contributed by atoms with Crippen LogP contribution in [0.25, 0.3) is 0 Å².